The zero-order chi connectivity index (χ0) is 20.4. The summed E-state index contributed by atoms with van der Waals surface area (Å²) in [6.45, 7) is 2.54. The molecule has 4 rings (SSSR count). The largest absolute Gasteiger partial charge is 0.365 e. The Morgan fingerprint density at radius 2 is 2.03 bits per heavy atom. The van der Waals surface area contributed by atoms with Crippen molar-refractivity contribution in [1.82, 2.24) is 14.8 Å². The number of benzene rings is 1. The molecule has 7 nitrogen and oxygen atoms in total. The topological polar surface area (TPSA) is 103 Å². The van der Waals surface area contributed by atoms with Crippen LogP contribution in [0.4, 0.5) is 5.00 Å². The first-order chi connectivity index (χ1) is 14.0. The maximum Gasteiger partial charge on any atom is 0.251 e. The zero-order valence-corrected chi connectivity index (χ0v) is 17.6. The summed E-state index contributed by atoms with van der Waals surface area (Å²) in [6.07, 6.45) is 2.81. The number of nitrogens with zero attached hydrogens (tertiary/aromatic N) is 3. The molecule has 1 aliphatic carbocycles. The van der Waals surface area contributed by atoms with Crippen molar-refractivity contribution in [2.45, 2.75) is 37.9 Å². The second kappa shape index (κ2) is 8.38. The molecule has 0 saturated carbocycles. The molecule has 2 amide bonds. The van der Waals surface area contributed by atoms with E-state index in [9.17, 15) is 9.59 Å². The standard InChI is InChI=1S/C20H21N5O2S2/c1-12-23-24-20(25(12)10-13-6-3-2-4-7-13)28-11-16(26)22-19-17(18(21)27)14-8-5-9-15(14)29-19/h2-4,6-7H,5,8-11H2,1H3,(H2,21,27)(H,22,26). The molecular weight excluding hydrogens is 406 g/mol. The quantitative estimate of drug-likeness (QED) is 0.564. The van der Waals surface area contributed by atoms with Gasteiger partial charge in [-0.25, -0.2) is 0 Å². The first kappa shape index (κ1) is 19.7. The summed E-state index contributed by atoms with van der Waals surface area (Å²) in [5.41, 5.74) is 8.18. The third-order valence-corrected chi connectivity index (χ3v) is 7.01. The van der Waals surface area contributed by atoms with E-state index in [-0.39, 0.29) is 11.7 Å². The fourth-order valence-corrected chi connectivity index (χ4v) is 5.56. The van der Waals surface area contributed by atoms with E-state index in [4.69, 9.17) is 5.73 Å². The fourth-order valence-electron chi connectivity index (χ4n) is 3.46. The minimum Gasteiger partial charge on any atom is -0.365 e. The van der Waals surface area contributed by atoms with E-state index in [0.29, 0.717) is 22.3 Å². The smallest absolute Gasteiger partial charge is 0.251 e. The average molecular weight is 428 g/mol. The lowest BCUT2D eigenvalue weighted by molar-refractivity contribution is -0.113. The number of fused-ring (bicyclic) bond motifs is 1. The molecule has 0 aliphatic heterocycles. The van der Waals surface area contributed by atoms with E-state index in [2.05, 4.69) is 15.5 Å². The SMILES string of the molecule is Cc1nnc(SCC(=O)Nc2sc3c(c2C(N)=O)CCC3)n1Cc1ccccc1. The minimum absolute atomic E-state index is 0.174. The number of carbonyl (C=O) groups excluding carboxylic acids is 2. The van der Waals surface area contributed by atoms with Crippen molar-refractivity contribution in [3.05, 3.63) is 57.7 Å². The van der Waals surface area contributed by atoms with Gasteiger partial charge in [0.1, 0.15) is 10.8 Å². The fraction of sp³-hybridized carbons (Fsp3) is 0.300. The van der Waals surface area contributed by atoms with Crippen molar-refractivity contribution >= 4 is 39.9 Å². The third kappa shape index (κ3) is 4.20. The Bertz CT molecular complexity index is 1060. The number of amides is 2. The van der Waals surface area contributed by atoms with Crippen LogP contribution in [0.1, 0.15) is 38.6 Å². The molecule has 2 heterocycles. The van der Waals surface area contributed by atoms with Gasteiger partial charge < -0.3 is 15.6 Å². The average Bonchev–Trinajstić information content (AvgIpc) is 3.36. The maximum absolute atomic E-state index is 12.5. The Balaban J connectivity index is 1.43. The van der Waals surface area contributed by atoms with Gasteiger partial charge in [-0.2, -0.15) is 0 Å². The zero-order valence-electron chi connectivity index (χ0n) is 16.0. The number of aryl methyl sites for hydroxylation is 2. The van der Waals surface area contributed by atoms with Crippen LogP contribution in [0.15, 0.2) is 35.5 Å². The minimum atomic E-state index is -0.481. The van der Waals surface area contributed by atoms with Crippen LogP contribution in [-0.2, 0) is 24.2 Å². The molecule has 0 unspecified atom stereocenters. The summed E-state index contributed by atoms with van der Waals surface area (Å²) >= 11 is 2.79. The van der Waals surface area contributed by atoms with Crippen LogP contribution >= 0.6 is 23.1 Å². The molecule has 3 N–H and O–H groups in total. The molecule has 1 aromatic carbocycles. The number of nitrogens with one attached hydrogen (secondary N) is 1. The summed E-state index contributed by atoms with van der Waals surface area (Å²) < 4.78 is 1.99. The van der Waals surface area contributed by atoms with Gasteiger partial charge in [0.25, 0.3) is 5.91 Å². The van der Waals surface area contributed by atoms with Gasteiger partial charge in [-0.15, -0.1) is 21.5 Å². The Morgan fingerprint density at radius 1 is 1.24 bits per heavy atom. The monoisotopic (exact) mass is 427 g/mol. The number of primary amides is 1. The normalized spacial score (nSPS) is 12.7. The Morgan fingerprint density at radius 3 is 2.79 bits per heavy atom. The second-order valence-electron chi connectivity index (χ2n) is 6.86. The van der Waals surface area contributed by atoms with E-state index in [1.165, 1.54) is 23.1 Å². The van der Waals surface area contributed by atoms with Gasteiger partial charge in [0.2, 0.25) is 5.91 Å². The van der Waals surface area contributed by atoms with Crippen LogP contribution in [0.2, 0.25) is 0 Å². The summed E-state index contributed by atoms with van der Waals surface area (Å²) in [7, 11) is 0. The summed E-state index contributed by atoms with van der Waals surface area (Å²) in [5.74, 6) is 0.297. The van der Waals surface area contributed by atoms with Crippen LogP contribution in [0.25, 0.3) is 0 Å². The molecule has 0 saturated heterocycles. The van der Waals surface area contributed by atoms with Gasteiger partial charge in [0, 0.05) is 4.88 Å². The van der Waals surface area contributed by atoms with Crippen molar-refractivity contribution in [2.24, 2.45) is 5.73 Å². The number of thioether (sulfide) groups is 1. The highest BCUT2D eigenvalue weighted by atomic mass is 32.2. The van der Waals surface area contributed by atoms with Crippen LogP contribution in [0.3, 0.4) is 0 Å². The number of thiophene rings is 1. The third-order valence-electron chi connectivity index (χ3n) is 4.84. The second-order valence-corrected chi connectivity index (χ2v) is 8.91. The molecule has 3 aromatic rings. The van der Waals surface area contributed by atoms with E-state index in [1.54, 1.807) is 0 Å². The number of carbonyl (C=O) groups is 2. The first-order valence-corrected chi connectivity index (χ1v) is 11.1. The van der Waals surface area contributed by atoms with Crippen molar-refractivity contribution in [3.63, 3.8) is 0 Å². The van der Waals surface area contributed by atoms with Crippen LogP contribution in [0, 0.1) is 6.92 Å². The van der Waals surface area contributed by atoms with E-state index >= 15 is 0 Å². The first-order valence-electron chi connectivity index (χ1n) is 9.33. The predicted molar refractivity (Wildman–Crippen MR) is 115 cm³/mol. The summed E-state index contributed by atoms with van der Waals surface area (Å²) in [6, 6.07) is 10.0. The molecule has 0 atom stereocenters. The summed E-state index contributed by atoms with van der Waals surface area (Å²) in [5, 5.41) is 12.5. The number of rotatable bonds is 7. The van der Waals surface area contributed by atoms with Crippen LogP contribution in [-0.4, -0.2) is 32.3 Å². The molecular formula is C20H21N5O2S2. The maximum atomic E-state index is 12.5. The van der Waals surface area contributed by atoms with Gasteiger partial charge in [-0.1, -0.05) is 42.1 Å². The lowest BCUT2D eigenvalue weighted by Crippen LogP contribution is -2.19. The van der Waals surface area contributed by atoms with Gasteiger partial charge in [0.15, 0.2) is 5.16 Å². The molecule has 9 heteroatoms. The highest BCUT2D eigenvalue weighted by Crippen LogP contribution is 2.38. The Kier molecular flexibility index (Phi) is 5.68. The molecule has 0 spiro atoms. The molecule has 0 radical (unpaired) electrons. The Labute approximate surface area is 176 Å². The van der Waals surface area contributed by atoms with E-state index in [0.717, 1.165) is 41.1 Å². The number of aromatic nitrogens is 3. The number of hydrogen-bond donors (Lipinski definition) is 2. The van der Waals surface area contributed by atoms with Gasteiger partial charge in [0.05, 0.1) is 17.9 Å². The molecule has 2 aromatic heterocycles. The molecule has 29 heavy (non-hydrogen) atoms. The predicted octanol–water partition coefficient (Wildman–Crippen LogP) is 3.01. The number of nitrogens with two attached hydrogens (primary N) is 1. The van der Waals surface area contributed by atoms with Crippen LogP contribution in [0.5, 0.6) is 0 Å². The highest BCUT2D eigenvalue weighted by molar-refractivity contribution is 7.99. The molecule has 0 fully saturated rings. The molecule has 1 aliphatic rings. The number of hydrogen-bond acceptors (Lipinski definition) is 6. The van der Waals surface area contributed by atoms with Crippen molar-refractivity contribution in [2.75, 3.05) is 11.1 Å². The Hall–Kier alpha value is -2.65. The van der Waals surface area contributed by atoms with Gasteiger partial charge in [-0.05, 0) is 37.3 Å². The van der Waals surface area contributed by atoms with Gasteiger partial charge >= 0.3 is 0 Å². The molecule has 0 bridgehead atoms. The van der Waals surface area contributed by atoms with Crippen molar-refractivity contribution < 1.29 is 9.59 Å². The lowest BCUT2D eigenvalue weighted by Gasteiger charge is -2.09. The lowest BCUT2D eigenvalue weighted by atomic mass is 10.1. The molecule has 150 valence electrons. The number of anilines is 1. The highest BCUT2D eigenvalue weighted by Gasteiger charge is 2.26. The van der Waals surface area contributed by atoms with Crippen LogP contribution < -0.4 is 11.1 Å². The van der Waals surface area contributed by atoms with E-state index in [1.807, 2.05) is 41.8 Å². The van der Waals surface area contributed by atoms with Crippen molar-refractivity contribution in [1.29, 1.82) is 0 Å². The van der Waals surface area contributed by atoms with E-state index < -0.39 is 5.91 Å². The summed E-state index contributed by atoms with van der Waals surface area (Å²) in [4.78, 5) is 25.6. The van der Waals surface area contributed by atoms with Crippen molar-refractivity contribution in [3.8, 4) is 0 Å². The van der Waals surface area contributed by atoms with Gasteiger partial charge in [-0.3, -0.25) is 9.59 Å².